The van der Waals surface area contributed by atoms with Crippen LogP contribution in [-0.4, -0.2) is 6.04 Å². The number of rotatable bonds is 3. The molecule has 2 unspecified atom stereocenters. The Bertz CT molecular complexity index is 588. The lowest BCUT2D eigenvalue weighted by molar-refractivity contribution is 0.405. The Labute approximate surface area is 128 Å². The molecular formula is C20H25N. The van der Waals surface area contributed by atoms with Crippen LogP contribution in [-0.2, 0) is 0 Å². The normalized spacial score (nSPS) is 22.0. The maximum atomic E-state index is 3.84. The lowest BCUT2D eigenvalue weighted by Crippen LogP contribution is -2.31. The van der Waals surface area contributed by atoms with E-state index in [1.54, 1.807) is 0 Å². The van der Waals surface area contributed by atoms with E-state index in [0.29, 0.717) is 12.0 Å². The third-order valence-electron chi connectivity index (χ3n) is 4.94. The Morgan fingerprint density at radius 3 is 2.43 bits per heavy atom. The van der Waals surface area contributed by atoms with E-state index in [1.807, 2.05) is 0 Å². The fourth-order valence-electron chi connectivity index (χ4n) is 3.51. The molecule has 1 aliphatic rings. The first-order valence-electron chi connectivity index (χ1n) is 8.13. The van der Waals surface area contributed by atoms with E-state index in [4.69, 9.17) is 0 Å². The Morgan fingerprint density at radius 2 is 1.62 bits per heavy atom. The van der Waals surface area contributed by atoms with Crippen molar-refractivity contribution in [1.29, 1.82) is 0 Å². The number of anilines is 1. The SMILES string of the molecule is Cc1cccc(NC2CCCCC2c2ccccc2)c1C. The van der Waals surface area contributed by atoms with Crippen LogP contribution < -0.4 is 5.32 Å². The molecule has 1 heteroatoms. The number of nitrogens with one attached hydrogen (secondary N) is 1. The zero-order chi connectivity index (χ0) is 14.7. The third kappa shape index (κ3) is 3.12. The number of hydrogen-bond acceptors (Lipinski definition) is 1. The molecule has 0 saturated heterocycles. The van der Waals surface area contributed by atoms with Crippen molar-refractivity contribution in [3.8, 4) is 0 Å². The molecule has 2 atom stereocenters. The minimum atomic E-state index is 0.557. The number of hydrogen-bond donors (Lipinski definition) is 1. The first kappa shape index (κ1) is 14.2. The maximum absolute atomic E-state index is 3.84. The molecule has 21 heavy (non-hydrogen) atoms. The van der Waals surface area contributed by atoms with Crippen molar-refractivity contribution in [2.24, 2.45) is 0 Å². The average molecular weight is 279 g/mol. The van der Waals surface area contributed by atoms with Crippen molar-refractivity contribution in [1.82, 2.24) is 0 Å². The number of benzene rings is 2. The maximum Gasteiger partial charge on any atom is 0.0374 e. The smallest absolute Gasteiger partial charge is 0.0374 e. The van der Waals surface area contributed by atoms with Crippen molar-refractivity contribution in [2.45, 2.75) is 51.5 Å². The molecule has 2 aromatic rings. The summed E-state index contributed by atoms with van der Waals surface area (Å²) in [6.07, 6.45) is 5.26. The Morgan fingerprint density at radius 1 is 0.857 bits per heavy atom. The van der Waals surface area contributed by atoms with Crippen molar-refractivity contribution >= 4 is 5.69 Å². The quantitative estimate of drug-likeness (QED) is 0.788. The van der Waals surface area contributed by atoms with E-state index in [1.165, 1.54) is 48.1 Å². The Kier molecular flexibility index (Phi) is 4.28. The van der Waals surface area contributed by atoms with Gasteiger partial charge in [0.15, 0.2) is 0 Å². The number of aryl methyl sites for hydroxylation is 1. The van der Waals surface area contributed by atoms with Gasteiger partial charge >= 0.3 is 0 Å². The topological polar surface area (TPSA) is 12.0 Å². The molecule has 3 rings (SSSR count). The highest BCUT2D eigenvalue weighted by Crippen LogP contribution is 2.35. The molecule has 0 amide bonds. The second-order valence-corrected chi connectivity index (χ2v) is 6.30. The van der Waals surface area contributed by atoms with Crippen LogP contribution in [0.3, 0.4) is 0 Å². The second-order valence-electron chi connectivity index (χ2n) is 6.30. The van der Waals surface area contributed by atoms with Crippen molar-refractivity contribution < 1.29 is 0 Å². The standard InChI is InChI=1S/C20H25N/c1-15-9-8-14-19(16(15)2)21-20-13-7-6-12-18(20)17-10-4-3-5-11-17/h3-5,8-11,14,18,20-21H,6-7,12-13H2,1-2H3. The summed E-state index contributed by atoms with van der Waals surface area (Å²) >= 11 is 0. The van der Waals surface area contributed by atoms with Crippen LogP contribution >= 0.6 is 0 Å². The minimum Gasteiger partial charge on any atom is -0.381 e. The van der Waals surface area contributed by atoms with Crippen LogP contribution in [0.2, 0.25) is 0 Å². The van der Waals surface area contributed by atoms with Gasteiger partial charge in [-0.15, -0.1) is 0 Å². The van der Waals surface area contributed by atoms with E-state index in [2.05, 4.69) is 67.7 Å². The van der Waals surface area contributed by atoms with Crippen molar-refractivity contribution in [3.63, 3.8) is 0 Å². The van der Waals surface area contributed by atoms with Crippen molar-refractivity contribution in [3.05, 3.63) is 65.2 Å². The molecule has 2 aromatic carbocycles. The second kappa shape index (κ2) is 6.34. The van der Waals surface area contributed by atoms with Gasteiger partial charge < -0.3 is 5.32 Å². The lowest BCUT2D eigenvalue weighted by atomic mass is 9.80. The van der Waals surface area contributed by atoms with Crippen molar-refractivity contribution in [2.75, 3.05) is 5.32 Å². The zero-order valence-corrected chi connectivity index (χ0v) is 13.1. The van der Waals surface area contributed by atoms with E-state index in [9.17, 15) is 0 Å². The summed E-state index contributed by atoms with van der Waals surface area (Å²) in [4.78, 5) is 0. The van der Waals surface area contributed by atoms with Gasteiger partial charge in [-0.1, -0.05) is 55.3 Å². The molecule has 0 spiro atoms. The van der Waals surface area contributed by atoms with Gasteiger partial charge in [-0.3, -0.25) is 0 Å². The fourth-order valence-corrected chi connectivity index (χ4v) is 3.51. The molecule has 0 bridgehead atoms. The first-order chi connectivity index (χ1) is 10.3. The van der Waals surface area contributed by atoms with Crippen LogP contribution in [0, 0.1) is 13.8 Å². The summed E-state index contributed by atoms with van der Waals surface area (Å²) in [5.74, 6) is 0.639. The highest BCUT2D eigenvalue weighted by Gasteiger charge is 2.26. The summed E-state index contributed by atoms with van der Waals surface area (Å²) in [5.41, 5.74) is 5.55. The van der Waals surface area contributed by atoms with Gasteiger partial charge in [-0.25, -0.2) is 0 Å². The molecule has 1 N–H and O–H groups in total. The minimum absolute atomic E-state index is 0.557. The third-order valence-corrected chi connectivity index (χ3v) is 4.94. The van der Waals surface area contributed by atoms with Crippen LogP contribution in [0.5, 0.6) is 0 Å². The summed E-state index contributed by atoms with van der Waals surface area (Å²) in [5, 5.41) is 3.84. The largest absolute Gasteiger partial charge is 0.381 e. The molecule has 110 valence electrons. The molecule has 0 radical (unpaired) electrons. The molecule has 0 aliphatic heterocycles. The molecule has 1 fully saturated rings. The fraction of sp³-hybridized carbons (Fsp3) is 0.400. The Balaban J connectivity index is 1.83. The van der Waals surface area contributed by atoms with Crippen LogP contribution in [0.1, 0.15) is 48.3 Å². The predicted molar refractivity (Wildman–Crippen MR) is 91.0 cm³/mol. The molecule has 0 heterocycles. The summed E-state index contributed by atoms with van der Waals surface area (Å²) in [7, 11) is 0. The van der Waals surface area contributed by atoms with Crippen LogP contribution in [0.15, 0.2) is 48.5 Å². The summed E-state index contributed by atoms with van der Waals surface area (Å²) in [6.45, 7) is 4.41. The lowest BCUT2D eigenvalue weighted by Gasteiger charge is -2.34. The van der Waals surface area contributed by atoms with E-state index < -0.39 is 0 Å². The van der Waals surface area contributed by atoms with Crippen LogP contribution in [0.25, 0.3) is 0 Å². The Hall–Kier alpha value is -1.76. The summed E-state index contributed by atoms with van der Waals surface area (Å²) < 4.78 is 0. The van der Waals surface area contributed by atoms with Gasteiger partial charge in [0.2, 0.25) is 0 Å². The highest BCUT2D eigenvalue weighted by molar-refractivity contribution is 5.54. The molecule has 1 saturated carbocycles. The first-order valence-corrected chi connectivity index (χ1v) is 8.13. The van der Waals surface area contributed by atoms with E-state index in [-0.39, 0.29) is 0 Å². The van der Waals surface area contributed by atoms with E-state index >= 15 is 0 Å². The monoisotopic (exact) mass is 279 g/mol. The van der Waals surface area contributed by atoms with Gasteiger partial charge in [-0.05, 0) is 49.4 Å². The molecular weight excluding hydrogens is 254 g/mol. The van der Waals surface area contributed by atoms with E-state index in [0.717, 1.165) is 0 Å². The van der Waals surface area contributed by atoms with Gasteiger partial charge in [0.05, 0.1) is 0 Å². The molecule has 0 aromatic heterocycles. The molecule has 1 nitrogen and oxygen atoms in total. The molecule has 1 aliphatic carbocycles. The van der Waals surface area contributed by atoms with Gasteiger partial charge in [0, 0.05) is 17.6 Å². The van der Waals surface area contributed by atoms with Crippen LogP contribution in [0.4, 0.5) is 5.69 Å². The predicted octanol–water partition coefficient (Wildman–Crippen LogP) is 5.44. The highest BCUT2D eigenvalue weighted by atomic mass is 14.9. The summed E-state index contributed by atoms with van der Waals surface area (Å²) in [6, 6.07) is 18.1. The average Bonchev–Trinajstić information content (AvgIpc) is 2.53. The van der Waals surface area contributed by atoms with Gasteiger partial charge in [-0.2, -0.15) is 0 Å². The van der Waals surface area contributed by atoms with Gasteiger partial charge in [0.1, 0.15) is 0 Å². The van der Waals surface area contributed by atoms with Gasteiger partial charge in [0.25, 0.3) is 0 Å². The zero-order valence-electron chi connectivity index (χ0n) is 13.1.